The van der Waals surface area contributed by atoms with Gasteiger partial charge in [0.1, 0.15) is 5.02 Å². The Kier molecular flexibility index (Phi) is 5.71. The molecule has 1 aromatic heterocycles. The molecule has 134 valence electrons. The Morgan fingerprint density at radius 2 is 1.69 bits per heavy atom. The van der Waals surface area contributed by atoms with Crippen molar-refractivity contribution < 1.29 is 0 Å². The first-order valence-electron chi connectivity index (χ1n) is 8.36. The number of anilines is 1. The highest BCUT2D eigenvalue weighted by Gasteiger charge is 2.16. The van der Waals surface area contributed by atoms with E-state index in [2.05, 4.69) is 27.4 Å². The van der Waals surface area contributed by atoms with E-state index in [-0.39, 0.29) is 16.6 Å². The maximum absolute atomic E-state index is 12.6. The maximum Gasteiger partial charge on any atom is 0.292 e. The second-order valence-electron chi connectivity index (χ2n) is 6.20. The molecule has 1 unspecified atom stereocenters. The Labute approximate surface area is 157 Å². The summed E-state index contributed by atoms with van der Waals surface area (Å²) in [5.41, 5.74) is 2.06. The molecule has 1 atom stereocenters. The van der Waals surface area contributed by atoms with Crippen LogP contribution >= 0.6 is 11.6 Å². The van der Waals surface area contributed by atoms with E-state index in [0.29, 0.717) is 17.9 Å². The van der Waals surface area contributed by atoms with Gasteiger partial charge >= 0.3 is 0 Å². The third-order valence-electron chi connectivity index (χ3n) is 4.21. The number of aromatic nitrogens is 2. The quantitative estimate of drug-likeness (QED) is 0.722. The molecule has 5 nitrogen and oxygen atoms in total. The first-order chi connectivity index (χ1) is 12.6. The van der Waals surface area contributed by atoms with Gasteiger partial charge in [0.05, 0.1) is 23.6 Å². The number of hydrogen-bond donors (Lipinski definition) is 1. The van der Waals surface area contributed by atoms with Crippen LogP contribution in [0.2, 0.25) is 5.02 Å². The molecular weight excluding hydrogens is 348 g/mol. The van der Waals surface area contributed by atoms with Crippen LogP contribution in [-0.2, 0) is 0 Å². The zero-order valence-electron chi connectivity index (χ0n) is 14.8. The predicted molar refractivity (Wildman–Crippen MR) is 106 cm³/mol. The number of para-hydroxylation sites is 1. The molecule has 0 spiro atoms. The second kappa shape index (κ2) is 8.17. The van der Waals surface area contributed by atoms with Gasteiger partial charge in [0.2, 0.25) is 0 Å². The molecule has 0 saturated heterocycles. The molecule has 0 aliphatic carbocycles. The summed E-state index contributed by atoms with van der Waals surface area (Å²) in [7, 11) is 4.04. The Bertz CT molecular complexity index is 910. The Morgan fingerprint density at radius 1 is 1.08 bits per heavy atom. The van der Waals surface area contributed by atoms with Crippen molar-refractivity contribution >= 4 is 17.3 Å². The molecule has 0 aliphatic heterocycles. The smallest absolute Gasteiger partial charge is 0.292 e. The number of halogens is 1. The number of rotatable bonds is 6. The number of nitrogens with one attached hydrogen (secondary N) is 1. The normalized spacial score (nSPS) is 12.2. The van der Waals surface area contributed by atoms with E-state index in [1.165, 1.54) is 10.2 Å². The summed E-state index contributed by atoms with van der Waals surface area (Å²) < 4.78 is 1.30. The standard InChI is InChI=1S/C20H21ClN4O/c1-24(2)18(15-9-5-3-6-10-15)14-22-17-13-23-25(20(26)19(17)21)16-11-7-4-8-12-16/h3-13,18,22H,14H2,1-2H3. The van der Waals surface area contributed by atoms with E-state index in [1.807, 2.05) is 62.6 Å². The molecule has 1 heterocycles. The van der Waals surface area contributed by atoms with Crippen LogP contribution in [0.15, 0.2) is 71.7 Å². The minimum absolute atomic E-state index is 0.134. The van der Waals surface area contributed by atoms with Crippen LogP contribution in [0.4, 0.5) is 5.69 Å². The fourth-order valence-electron chi connectivity index (χ4n) is 2.79. The van der Waals surface area contributed by atoms with Gasteiger partial charge < -0.3 is 10.2 Å². The van der Waals surface area contributed by atoms with Crippen LogP contribution in [0.3, 0.4) is 0 Å². The fourth-order valence-corrected chi connectivity index (χ4v) is 2.99. The zero-order chi connectivity index (χ0) is 18.5. The van der Waals surface area contributed by atoms with Crippen molar-refractivity contribution in [3.05, 3.63) is 87.8 Å². The lowest BCUT2D eigenvalue weighted by atomic mass is 10.1. The molecule has 1 N–H and O–H groups in total. The first-order valence-corrected chi connectivity index (χ1v) is 8.74. The number of hydrogen-bond acceptors (Lipinski definition) is 4. The minimum atomic E-state index is -0.344. The van der Waals surface area contributed by atoms with Gasteiger partial charge in [-0.25, -0.2) is 0 Å². The van der Waals surface area contributed by atoms with Crippen molar-refractivity contribution in [1.82, 2.24) is 14.7 Å². The number of benzene rings is 2. The van der Waals surface area contributed by atoms with E-state index < -0.39 is 0 Å². The van der Waals surface area contributed by atoms with Gasteiger partial charge in [-0.1, -0.05) is 60.1 Å². The van der Waals surface area contributed by atoms with Crippen molar-refractivity contribution in [2.24, 2.45) is 0 Å². The molecule has 3 aromatic rings. The molecule has 6 heteroatoms. The van der Waals surface area contributed by atoms with Crippen molar-refractivity contribution in [2.45, 2.75) is 6.04 Å². The van der Waals surface area contributed by atoms with E-state index >= 15 is 0 Å². The Hall–Kier alpha value is -2.63. The third-order valence-corrected chi connectivity index (χ3v) is 4.58. The van der Waals surface area contributed by atoms with Gasteiger partial charge in [-0.2, -0.15) is 9.78 Å². The SMILES string of the molecule is CN(C)C(CNc1cnn(-c2ccccc2)c(=O)c1Cl)c1ccccc1. The summed E-state index contributed by atoms with van der Waals surface area (Å²) in [4.78, 5) is 14.7. The molecule has 0 aliphatic rings. The van der Waals surface area contributed by atoms with E-state index in [0.717, 1.165) is 0 Å². The number of nitrogens with zero attached hydrogens (tertiary/aromatic N) is 3. The highest BCUT2D eigenvalue weighted by molar-refractivity contribution is 6.32. The largest absolute Gasteiger partial charge is 0.380 e. The predicted octanol–water partition coefficient (Wildman–Crippen LogP) is 3.60. The van der Waals surface area contributed by atoms with Gasteiger partial charge in [-0.15, -0.1) is 0 Å². The van der Waals surface area contributed by atoms with Crippen molar-refractivity contribution in [3.8, 4) is 5.69 Å². The van der Waals surface area contributed by atoms with Crippen LogP contribution in [0.5, 0.6) is 0 Å². The average molecular weight is 369 g/mol. The second-order valence-corrected chi connectivity index (χ2v) is 6.57. The lowest BCUT2D eigenvalue weighted by Gasteiger charge is -2.25. The Balaban J connectivity index is 1.82. The van der Waals surface area contributed by atoms with E-state index in [1.54, 1.807) is 6.20 Å². The monoisotopic (exact) mass is 368 g/mol. The summed E-state index contributed by atoms with van der Waals surface area (Å²) in [6.45, 7) is 0.604. The molecule has 3 rings (SSSR count). The summed E-state index contributed by atoms with van der Waals surface area (Å²) in [6, 6.07) is 19.6. The molecule has 0 bridgehead atoms. The van der Waals surface area contributed by atoms with Gasteiger partial charge in [0.25, 0.3) is 5.56 Å². The molecule has 26 heavy (non-hydrogen) atoms. The summed E-state index contributed by atoms with van der Waals surface area (Å²) in [6.07, 6.45) is 1.59. The zero-order valence-corrected chi connectivity index (χ0v) is 15.5. The van der Waals surface area contributed by atoms with E-state index in [9.17, 15) is 4.79 Å². The van der Waals surface area contributed by atoms with Gasteiger partial charge in [-0.3, -0.25) is 4.79 Å². The summed E-state index contributed by atoms with van der Waals surface area (Å²) in [5, 5.41) is 7.65. The van der Waals surface area contributed by atoms with Crippen molar-refractivity contribution in [2.75, 3.05) is 26.0 Å². The molecule has 0 radical (unpaired) electrons. The maximum atomic E-state index is 12.6. The van der Waals surface area contributed by atoms with Crippen molar-refractivity contribution in [1.29, 1.82) is 0 Å². The van der Waals surface area contributed by atoms with Crippen LogP contribution < -0.4 is 10.9 Å². The molecule has 0 amide bonds. The number of likely N-dealkylation sites (N-methyl/N-ethyl adjacent to an activating group) is 1. The Morgan fingerprint density at radius 3 is 2.31 bits per heavy atom. The average Bonchev–Trinajstić information content (AvgIpc) is 2.66. The summed E-state index contributed by atoms with van der Waals surface area (Å²) >= 11 is 6.31. The molecule has 0 fully saturated rings. The lowest BCUT2D eigenvalue weighted by molar-refractivity contribution is 0.312. The molecule has 0 saturated carbocycles. The van der Waals surface area contributed by atoms with Crippen molar-refractivity contribution in [3.63, 3.8) is 0 Å². The van der Waals surface area contributed by atoms with Crippen LogP contribution in [0, 0.1) is 0 Å². The fraction of sp³-hybridized carbons (Fsp3) is 0.200. The third kappa shape index (κ3) is 3.95. The first kappa shape index (κ1) is 18.2. The van der Waals surface area contributed by atoms with Crippen LogP contribution in [0.1, 0.15) is 11.6 Å². The highest BCUT2D eigenvalue weighted by atomic mass is 35.5. The highest BCUT2D eigenvalue weighted by Crippen LogP contribution is 2.21. The van der Waals surface area contributed by atoms with E-state index in [4.69, 9.17) is 11.6 Å². The van der Waals surface area contributed by atoms with Gasteiger partial charge in [0, 0.05) is 6.54 Å². The topological polar surface area (TPSA) is 50.2 Å². The lowest BCUT2D eigenvalue weighted by Crippen LogP contribution is -2.28. The van der Waals surface area contributed by atoms with Gasteiger partial charge in [-0.05, 0) is 31.8 Å². The van der Waals surface area contributed by atoms with Crippen LogP contribution in [-0.4, -0.2) is 35.3 Å². The molecular formula is C20H21ClN4O. The molecule has 2 aromatic carbocycles. The van der Waals surface area contributed by atoms with Crippen LogP contribution in [0.25, 0.3) is 5.69 Å². The summed E-state index contributed by atoms with van der Waals surface area (Å²) in [5.74, 6) is 0. The minimum Gasteiger partial charge on any atom is -0.380 e. The van der Waals surface area contributed by atoms with Gasteiger partial charge in [0.15, 0.2) is 0 Å².